The third-order valence-electron chi connectivity index (χ3n) is 2.20. The first-order chi connectivity index (χ1) is 6.79. The van der Waals surface area contributed by atoms with Crippen molar-refractivity contribution in [2.24, 2.45) is 0 Å². The van der Waals surface area contributed by atoms with Gasteiger partial charge in [0, 0.05) is 13.1 Å². The Kier molecular flexibility index (Phi) is 5.51. The van der Waals surface area contributed by atoms with E-state index in [4.69, 9.17) is 4.74 Å². The predicted molar refractivity (Wildman–Crippen MR) is 50.4 cm³/mol. The summed E-state index contributed by atoms with van der Waals surface area (Å²) in [6, 6.07) is 0. The van der Waals surface area contributed by atoms with Crippen LogP contribution < -0.4 is 5.32 Å². The van der Waals surface area contributed by atoms with Gasteiger partial charge >= 0.3 is 5.97 Å². The molecule has 0 saturated carbocycles. The lowest BCUT2D eigenvalue weighted by atomic mass is 10.3. The smallest absolute Gasteiger partial charge is 0.369 e. The van der Waals surface area contributed by atoms with Gasteiger partial charge in [0.2, 0.25) is 0 Å². The number of carbonyl (C=O) groups is 1. The Bertz CT molecular complexity index is 169. The largest absolute Gasteiger partial charge is 0.379 e. The van der Waals surface area contributed by atoms with Crippen molar-refractivity contribution in [1.29, 1.82) is 0 Å². The number of morpholine rings is 1. The van der Waals surface area contributed by atoms with Crippen molar-refractivity contribution in [3.05, 3.63) is 0 Å². The zero-order valence-electron chi connectivity index (χ0n) is 8.33. The van der Waals surface area contributed by atoms with Gasteiger partial charge in [-0.2, -0.15) is 0 Å². The normalized spacial score (nSPS) is 18.3. The summed E-state index contributed by atoms with van der Waals surface area (Å²) in [6.45, 7) is 5.28. The molecule has 0 atom stereocenters. The average molecular weight is 201 g/mol. The summed E-state index contributed by atoms with van der Waals surface area (Å²) in [4.78, 5) is 12.4. The fourth-order valence-corrected chi connectivity index (χ4v) is 1.44. The number of hydrogen-bond donors (Lipinski definition) is 1. The van der Waals surface area contributed by atoms with Crippen molar-refractivity contribution in [3.63, 3.8) is 0 Å². The Labute approximate surface area is 84.0 Å². The van der Waals surface area contributed by atoms with Gasteiger partial charge in [0.05, 0.1) is 19.8 Å². The lowest BCUT2D eigenvalue weighted by molar-refractivity contribution is -0.141. The number of nitrogens with zero attached hydrogens (tertiary/aromatic N) is 1. The molecule has 0 aliphatic carbocycles. The fraction of sp³-hybridized carbons (Fsp3) is 0.889. The van der Waals surface area contributed by atoms with E-state index in [0.717, 1.165) is 45.8 Å². The maximum atomic E-state index is 10.1. The Morgan fingerprint density at radius 2 is 2.07 bits per heavy atom. The molecule has 0 bridgehead atoms. The summed E-state index contributed by atoms with van der Waals surface area (Å²) >= 11 is 0. The fourth-order valence-electron chi connectivity index (χ4n) is 1.44. The van der Waals surface area contributed by atoms with Gasteiger partial charge in [0.25, 0.3) is 0 Å². The quantitative estimate of drug-likeness (QED) is 0.575. The monoisotopic (exact) mass is 201 g/mol. The molecular formula is C9H17N2O3. The molecule has 0 spiro atoms. The first-order valence-corrected chi connectivity index (χ1v) is 4.99. The maximum Gasteiger partial charge on any atom is 0.369 e. The number of carbonyl (C=O) groups excluding carboxylic acids is 1. The van der Waals surface area contributed by atoms with Crippen LogP contribution in [-0.4, -0.2) is 56.8 Å². The van der Waals surface area contributed by atoms with Crippen LogP contribution in [0.4, 0.5) is 0 Å². The molecule has 1 N–H and O–H groups in total. The Hall–Kier alpha value is -0.650. The van der Waals surface area contributed by atoms with E-state index in [1.807, 2.05) is 0 Å². The van der Waals surface area contributed by atoms with Gasteiger partial charge in [-0.3, -0.25) is 4.90 Å². The highest BCUT2D eigenvalue weighted by Gasteiger charge is 2.08. The second-order valence-corrected chi connectivity index (χ2v) is 3.36. The molecule has 1 aliphatic heterocycles. The zero-order valence-corrected chi connectivity index (χ0v) is 8.33. The van der Waals surface area contributed by atoms with Gasteiger partial charge in [-0.25, -0.2) is 9.90 Å². The maximum absolute atomic E-state index is 10.1. The molecule has 81 valence electrons. The van der Waals surface area contributed by atoms with E-state index in [0.29, 0.717) is 0 Å². The van der Waals surface area contributed by atoms with E-state index in [1.54, 1.807) is 0 Å². The first kappa shape index (κ1) is 11.4. The van der Waals surface area contributed by atoms with Crippen LogP contribution in [0.2, 0.25) is 0 Å². The van der Waals surface area contributed by atoms with Crippen LogP contribution in [0.25, 0.3) is 0 Å². The summed E-state index contributed by atoms with van der Waals surface area (Å²) in [6.07, 6.45) is 0.966. The summed E-state index contributed by atoms with van der Waals surface area (Å²) in [5.74, 6) is -1.05. The third kappa shape index (κ3) is 5.16. The van der Waals surface area contributed by atoms with Gasteiger partial charge in [-0.05, 0) is 19.5 Å². The minimum absolute atomic E-state index is 0.0525. The molecule has 0 aromatic heterocycles. The Morgan fingerprint density at radius 1 is 1.36 bits per heavy atom. The van der Waals surface area contributed by atoms with Crippen molar-refractivity contribution in [3.8, 4) is 0 Å². The number of nitrogens with one attached hydrogen (secondary N) is 1. The third-order valence-corrected chi connectivity index (χ3v) is 2.20. The van der Waals surface area contributed by atoms with Crippen LogP contribution in [-0.2, 0) is 14.6 Å². The summed E-state index contributed by atoms with van der Waals surface area (Å²) in [7, 11) is 0. The zero-order chi connectivity index (χ0) is 10.2. The van der Waals surface area contributed by atoms with Crippen LogP contribution in [0.1, 0.15) is 6.42 Å². The molecule has 1 fully saturated rings. The van der Waals surface area contributed by atoms with Gasteiger partial charge in [-0.1, -0.05) is 0 Å². The summed E-state index contributed by atoms with van der Waals surface area (Å²) in [5, 5.41) is 12.9. The molecule has 0 unspecified atom stereocenters. The van der Waals surface area contributed by atoms with Crippen molar-refractivity contribution >= 4 is 5.97 Å². The molecule has 1 radical (unpaired) electrons. The topological polar surface area (TPSA) is 61.5 Å². The van der Waals surface area contributed by atoms with Gasteiger partial charge in [0.15, 0.2) is 0 Å². The predicted octanol–water partition coefficient (Wildman–Crippen LogP) is -0.745. The highest BCUT2D eigenvalue weighted by Crippen LogP contribution is 1.96. The van der Waals surface area contributed by atoms with Crippen molar-refractivity contribution in [2.45, 2.75) is 6.42 Å². The van der Waals surface area contributed by atoms with Crippen LogP contribution in [0.3, 0.4) is 0 Å². The average Bonchev–Trinajstić information content (AvgIpc) is 2.18. The molecule has 5 heteroatoms. The first-order valence-electron chi connectivity index (χ1n) is 4.99. The summed E-state index contributed by atoms with van der Waals surface area (Å²) < 4.78 is 5.22. The highest BCUT2D eigenvalue weighted by atomic mass is 16.5. The molecular weight excluding hydrogens is 184 g/mol. The van der Waals surface area contributed by atoms with E-state index >= 15 is 0 Å². The van der Waals surface area contributed by atoms with Crippen LogP contribution in [0.5, 0.6) is 0 Å². The van der Waals surface area contributed by atoms with Crippen LogP contribution in [0.15, 0.2) is 0 Å². The van der Waals surface area contributed by atoms with Gasteiger partial charge in [-0.15, -0.1) is 0 Å². The van der Waals surface area contributed by atoms with Gasteiger partial charge in [0.1, 0.15) is 0 Å². The molecule has 0 aromatic rings. The SMILES string of the molecule is [O]C(=O)CNCCCN1CCOCC1. The highest BCUT2D eigenvalue weighted by molar-refractivity contribution is 5.68. The van der Waals surface area contributed by atoms with E-state index in [9.17, 15) is 9.90 Å². The molecule has 1 rings (SSSR count). The van der Waals surface area contributed by atoms with E-state index in [1.165, 1.54) is 0 Å². The number of rotatable bonds is 6. The van der Waals surface area contributed by atoms with E-state index in [2.05, 4.69) is 10.2 Å². The van der Waals surface area contributed by atoms with Crippen molar-refractivity contribution in [1.82, 2.24) is 10.2 Å². The van der Waals surface area contributed by atoms with Crippen molar-refractivity contribution < 1.29 is 14.6 Å². The number of ether oxygens (including phenoxy) is 1. The van der Waals surface area contributed by atoms with Crippen LogP contribution in [0, 0.1) is 0 Å². The standard InChI is InChI=1S/C9H17N2O3/c12-9(13)8-10-2-1-3-11-4-6-14-7-5-11/h10H,1-8H2. The second kappa shape index (κ2) is 6.75. The Morgan fingerprint density at radius 3 is 2.71 bits per heavy atom. The van der Waals surface area contributed by atoms with E-state index < -0.39 is 5.97 Å². The Balaban J connectivity index is 1.90. The number of hydrogen-bond acceptors (Lipinski definition) is 4. The second-order valence-electron chi connectivity index (χ2n) is 3.36. The molecule has 14 heavy (non-hydrogen) atoms. The van der Waals surface area contributed by atoms with Crippen LogP contribution >= 0.6 is 0 Å². The molecule has 5 nitrogen and oxygen atoms in total. The van der Waals surface area contributed by atoms with E-state index in [-0.39, 0.29) is 6.54 Å². The molecule has 1 saturated heterocycles. The molecule has 1 heterocycles. The minimum Gasteiger partial charge on any atom is -0.379 e. The van der Waals surface area contributed by atoms with Crippen molar-refractivity contribution in [2.75, 3.05) is 45.9 Å². The molecule has 0 aromatic carbocycles. The summed E-state index contributed by atoms with van der Waals surface area (Å²) in [5.41, 5.74) is 0. The lowest BCUT2D eigenvalue weighted by Gasteiger charge is -2.26. The lowest BCUT2D eigenvalue weighted by Crippen LogP contribution is -2.38. The molecule has 1 aliphatic rings. The van der Waals surface area contributed by atoms with Gasteiger partial charge < -0.3 is 10.1 Å². The minimum atomic E-state index is -1.05. The molecule has 0 amide bonds.